The molecule has 1 aliphatic rings. The molecule has 190 valence electrons. The molecule has 0 radical (unpaired) electrons. The van der Waals surface area contributed by atoms with Gasteiger partial charge in [-0.25, -0.2) is 9.67 Å². The van der Waals surface area contributed by atoms with Gasteiger partial charge in [-0.3, -0.25) is 9.59 Å². The van der Waals surface area contributed by atoms with E-state index in [1.54, 1.807) is 10.9 Å². The molecule has 0 saturated heterocycles. The predicted octanol–water partition coefficient (Wildman–Crippen LogP) is 1.86. The molecule has 0 fully saturated rings. The Labute approximate surface area is 209 Å². The van der Waals surface area contributed by atoms with E-state index in [9.17, 15) is 14.7 Å². The number of amides is 2. The lowest BCUT2D eigenvalue weighted by Crippen LogP contribution is -2.35. The second-order valence-electron chi connectivity index (χ2n) is 8.62. The average molecular weight is 493 g/mol. The van der Waals surface area contributed by atoms with Crippen molar-refractivity contribution in [2.75, 3.05) is 30.3 Å². The van der Waals surface area contributed by atoms with Gasteiger partial charge in [0.25, 0.3) is 5.91 Å². The van der Waals surface area contributed by atoms with Crippen LogP contribution in [0, 0.1) is 0 Å². The van der Waals surface area contributed by atoms with Crippen LogP contribution in [-0.4, -0.2) is 62.4 Å². The summed E-state index contributed by atoms with van der Waals surface area (Å²) in [5.41, 5.74) is 2.21. The maximum atomic E-state index is 13.0. The fourth-order valence-corrected chi connectivity index (χ4v) is 3.82. The van der Waals surface area contributed by atoms with Gasteiger partial charge in [0.05, 0.1) is 5.69 Å². The van der Waals surface area contributed by atoms with Crippen molar-refractivity contribution in [3.63, 3.8) is 0 Å². The second kappa shape index (κ2) is 12.6. The van der Waals surface area contributed by atoms with Crippen LogP contribution in [0.1, 0.15) is 48.0 Å². The van der Waals surface area contributed by atoms with E-state index in [0.717, 1.165) is 30.5 Å². The molecule has 11 nitrogen and oxygen atoms in total. The number of carbonyl (C=O) groups excluding carboxylic acids is 2. The van der Waals surface area contributed by atoms with Crippen LogP contribution >= 0.6 is 0 Å². The van der Waals surface area contributed by atoms with Crippen LogP contribution in [-0.2, 0) is 11.3 Å². The van der Waals surface area contributed by atoms with Crippen molar-refractivity contribution < 1.29 is 14.7 Å². The van der Waals surface area contributed by atoms with Crippen LogP contribution in [0.2, 0.25) is 0 Å². The Morgan fingerprint density at radius 2 is 1.83 bits per heavy atom. The number of aromatic nitrogens is 4. The standard InChI is InChI=1S/C25H32N8O3/c34-21-6-4-13-26-22-20(17-30-25(32-22)28-12-3-1-2-11-27-24(21)36)23(35)29-16-18-7-9-19(10-8-18)33-15-5-14-31-33/h5,7-10,14-15,17,21,34H,1-4,6,11-13,16H2,(H,27,36)(H,29,35)(H2,26,28,30,32). The molecule has 1 unspecified atom stereocenters. The van der Waals surface area contributed by atoms with Gasteiger partial charge in [0, 0.05) is 44.8 Å². The van der Waals surface area contributed by atoms with Crippen molar-refractivity contribution in [2.45, 2.75) is 44.8 Å². The zero-order valence-electron chi connectivity index (χ0n) is 20.1. The van der Waals surface area contributed by atoms with Crippen LogP contribution in [0.25, 0.3) is 5.69 Å². The number of hydrogen-bond donors (Lipinski definition) is 5. The van der Waals surface area contributed by atoms with Crippen molar-refractivity contribution in [2.24, 2.45) is 0 Å². The fraction of sp³-hybridized carbons (Fsp3) is 0.400. The Bertz CT molecular complexity index is 1130. The Kier molecular flexibility index (Phi) is 8.82. The number of aliphatic hydroxyl groups excluding tert-OH is 1. The van der Waals surface area contributed by atoms with Crippen LogP contribution < -0.4 is 21.3 Å². The molecule has 1 aliphatic heterocycles. The van der Waals surface area contributed by atoms with Gasteiger partial charge in [0.1, 0.15) is 17.5 Å². The quantitative estimate of drug-likeness (QED) is 0.371. The maximum Gasteiger partial charge on any atom is 0.256 e. The number of hydrogen-bond acceptors (Lipinski definition) is 8. The van der Waals surface area contributed by atoms with Gasteiger partial charge in [0.15, 0.2) is 0 Å². The summed E-state index contributed by atoms with van der Waals surface area (Å²) in [4.78, 5) is 33.8. The molecule has 2 bridgehead atoms. The lowest BCUT2D eigenvalue weighted by atomic mass is 10.1. The highest BCUT2D eigenvalue weighted by Gasteiger charge is 2.17. The van der Waals surface area contributed by atoms with E-state index in [1.165, 1.54) is 6.20 Å². The molecule has 1 aromatic carbocycles. The summed E-state index contributed by atoms with van der Waals surface area (Å²) in [6.45, 7) is 2.01. The van der Waals surface area contributed by atoms with Gasteiger partial charge < -0.3 is 26.4 Å². The van der Waals surface area contributed by atoms with Crippen LogP contribution in [0.5, 0.6) is 0 Å². The first kappa shape index (κ1) is 25.1. The monoisotopic (exact) mass is 492 g/mol. The topological polar surface area (TPSA) is 146 Å². The van der Waals surface area contributed by atoms with E-state index in [-0.39, 0.29) is 11.8 Å². The van der Waals surface area contributed by atoms with E-state index in [2.05, 4.69) is 36.3 Å². The SMILES string of the molecule is O=C(NCc1ccc(-n2cccn2)cc1)c1cnc2nc1NCCCC(O)C(=O)NCCCCCN2. The summed E-state index contributed by atoms with van der Waals surface area (Å²) in [5, 5.41) is 26.3. The maximum absolute atomic E-state index is 13.0. The minimum absolute atomic E-state index is 0.297. The van der Waals surface area contributed by atoms with Crippen molar-refractivity contribution in [1.82, 2.24) is 30.4 Å². The molecular weight excluding hydrogens is 460 g/mol. The molecule has 11 heteroatoms. The summed E-state index contributed by atoms with van der Waals surface area (Å²) in [6.07, 6.45) is 7.52. The van der Waals surface area contributed by atoms with E-state index in [0.29, 0.717) is 56.4 Å². The van der Waals surface area contributed by atoms with Crippen molar-refractivity contribution >= 4 is 23.6 Å². The number of benzene rings is 1. The number of carbonyl (C=O) groups is 2. The molecule has 5 N–H and O–H groups in total. The minimum Gasteiger partial charge on any atom is -0.383 e. The predicted molar refractivity (Wildman–Crippen MR) is 136 cm³/mol. The van der Waals surface area contributed by atoms with Gasteiger partial charge in [-0.2, -0.15) is 10.1 Å². The molecule has 36 heavy (non-hydrogen) atoms. The molecule has 3 aromatic rings. The summed E-state index contributed by atoms with van der Waals surface area (Å²) in [7, 11) is 0. The molecule has 0 spiro atoms. The lowest BCUT2D eigenvalue weighted by Gasteiger charge is -2.15. The zero-order valence-corrected chi connectivity index (χ0v) is 20.1. The molecule has 0 saturated carbocycles. The smallest absolute Gasteiger partial charge is 0.256 e. The lowest BCUT2D eigenvalue weighted by molar-refractivity contribution is -0.129. The first-order valence-corrected chi connectivity index (χ1v) is 12.3. The first-order valence-electron chi connectivity index (χ1n) is 12.3. The minimum atomic E-state index is -1.05. The van der Waals surface area contributed by atoms with Crippen LogP contribution in [0.4, 0.5) is 11.8 Å². The van der Waals surface area contributed by atoms with Crippen molar-refractivity contribution in [1.29, 1.82) is 0 Å². The highest BCUT2D eigenvalue weighted by Crippen LogP contribution is 2.16. The number of nitrogens with one attached hydrogen (secondary N) is 4. The average Bonchev–Trinajstić information content (AvgIpc) is 3.44. The third kappa shape index (κ3) is 7.01. The van der Waals surface area contributed by atoms with E-state index < -0.39 is 6.10 Å². The fourth-order valence-electron chi connectivity index (χ4n) is 3.82. The van der Waals surface area contributed by atoms with Gasteiger partial charge in [-0.1, -0.05) is 12.1 Å². The summed E-state index contributed by atoms with van der Waals surface area (Å²) in [6, 6.07) is 9.63. The number of nitrogens with zero attached hydrogens (tertiary/aromatic N) is 4. The number of aliphatic hydroxyl groups is 1. The molecule has 2 aromatic heterocycles. The Morgan fingerprint density at radius 1 is 1.06 bits per heavy atom. The molecule has 1 atom stereocenters. The van der Waals surface area contributed by atoms with Crippen molar-refractivity contribution in [3.8, 4) is 5.69 Å². The van der Waals surface area contributed by atoms with Gasteiger partial charge in [-0.15, -0.1) is 0 Å². The highest BCUT2D eigenvalue weighted by molar-refractivity contribution is 5.98. The highest BCUT2D eigenvalue weighted by atomic mass is 16.3. The molecule has 3 heterocycles. The summed E-state index contributed by atoms with van der Waals surface area (Å²) < 4.78 is 1.77. The van der Waals surface area contributed by atoms with Crippen LogP contribution in [0.15, 0.2) is 48.9 Å². The third-order valence-corrected chi connectivity index (χ3v) is 5.88. The van der Waals surface area contributed by atoms with E-state index in [4.69, 9.17) is 0 Å². The molecule has 0 aliphatic carbocycles. The first-order chi connectivity index (χ1) is 17.6. The molecule has 4 rings (SSSR count). The Morgan fingerprint density at radius 3 is 2.61 bits per heavy atom. The van der Waals surface area contributed by atoms with Gasteiger partial charge in [-0.05, 0) is 55.9 Å². The Hall–Kier alpha value is -3.99. The third-order valence-electron chi connectivity index (χ3n) is 5.88. The van der Waals surface area contributed by atoms with Crippen molar-refractivity contribution in [3.05, 3.63) is 60.0 Å². The van der Waals surface area contributed by atoms with Crippen LogP contribution in [0.3, 0.4) is 0 Å². The second-order valence-corrected chi connectivity index (χ2v) is 8.62. The molecule has 2 amide bonds. The summed E-state index contributed by atoms with van der Waals surface area (Å²) in [5.74, 6) is 0.213. The number of anilines is 2. The van der Waals surface area contributed by atoms with E-state index >= 15 is 0 Å². The number of fused-ring (bicyclic) bond motifs is 2. The number of rotatable bonds is 4. The Balaban J connectivity index is 1.40. The van der Waals surface area contributed by atoms with Gasteiger partial charge in [0.2, 0.25) is 11.9 Å². The largest absolute Gasteiger partial charge is 0.383 e. The molecular formula is C25H32N8O3. The van der Waals surface area contributed by atoms with E-state index in [1.807, 2.05) is 36.5 Å². The van der Waals surface area contributed by atoms with Gasteiger partial charge >= 0.3 is 0 Å². The normalized spacial score (nSPS) is 17.4. The zero-order chi connectivity index (χ0) is 25.2. The summed E-state index contributed by atoms with van der Waals surface area (Å²) >= 11 is 0.